The van der Waals surface area contributed by atoms with E-state index in [0.29, 0.717) is 37.8 Å². The first-order valence-electron chi connectivity index (χ1n) is 6.95. The van der Waals surface area contributed by atoms with Gasteiger partial charge in [0.1, 0.15) is 6.61 Å². The van der Waals surface area contributed by atoms with Crippen LogP contribution in [0.15, 0.2) is 18.2 Å². The third-order valence-electron chi connectivity index (χ3n) is 2.78. The topological polar surface area (TPSA) is 68.8 Å². The van der Waals surface area contributed by atoms with Crippen molar-refractivity contribution in [1.29, 1.82) is 0 Å². The second-order valence-electron chi connectivity index (χ2n) is 4.53. The first-order chi connectivity index (χ1) is 10.2. The predicted molar refractivity (Wildman–Crippen MR) is 81.1 cm³/mol. The fourth-order valence-corrected chi connectivity index (χ4v) is 1.70. The van der Waals surface area contributed by atoms with E-state index in [1.807, 2.05) is 25.1 Å². The lowest BCUT2D eigenvalue weighted by Gasteiger charge is -2.12. The molecule has 0 bridgehead atoms. The number of methoxy groups -OCH3 is 2. The maximum Gasteiger partial charge on any atom is 0.314 e. The molecule has 6 nitrogen and oxygen atoms in total. The molecule has 0 aliphatic heterocycles. The molecule has 0 heterocycles. The number of rotatable bonds is 9. The molecule has 0 aromatic heterocycles. The van der Waals surface area contributed by atoms with Gasteiger partial charge < -0.3 is 24.8 Å². The lowest BCUT2D eigenvalue weighted by atomic mass is 10.2. The van der Waals surface area contributed by atoms with E-state index >= 15 is 0 Å². The zero-order chi connectivity index (χ0) is 15.5. The number of urea groups is 1. The molecule has 1 rings (SSSR count). The van der Waals surface area contributed by atoms with Crippen LogP contribution in [-0.2, 0) is 4.74 Å². The van der Waals surface area contributed by atoms with Gasteiger partial charge in [0.2, 0.25) is 0 Å². The predicted octanol–water partition coefficient (Wildman–Crippen LogP) is 1.72. The van der Waals surface area contributed by atoms with Gasteiger partial charge in [-0.25, -0.2) is 4.79 Å². The van der Waals surface area contributed by atoms with E-state index in [9.17, 15) is 4.79 Å². The Balaban J connectivity index is 2.20. The van der Waals surface area contributed by atoms with Crippen molar-refractivity contribution in [2.24, 2.45) is 0 Å². The molecule has 0 saturated heterocycles. The van der Waals surface area contributed by atoms with Gasteiger partial charge in [-0.05, 0) is 31.0 Å². The minimum atomic E-state index is -0.203. The summed E-state index contributed by atoms with van der Waals surface area (Å²) in [5, 5.41) is 5.46. The number of hydrogen-bond donors (Lipinski definition) is 2. The molecule has 1 aromatic carbocycles. The molecule has 0 saturated carbocycles. The zero-order valence-electron chi connectivity index (χ0n) is 12.9. The minimum Gasteiger partial charge on any atom is -0.493 e. The number of carbonyl (C=O) groups is 1. The normalized spacial score (nSPS) is 10.0. The molecule has 2 N–H and O–H groups in total. The Kier molecular flexibility index (Phi) is 8.04. The lowest BCUT2D eigenvalue weighted by molar-refractivity contribution is 0.193. The maximum absolute atomic E-state index is 11.4. The molecule has 0 aliphatic carbocycles. The van der Waals surface area contributed by atoms with E-state index in [1.54, 1.807) is 14.2 Å². The average Bonchev–Trinajstić information content (AvgIpc) is 2.49. The number of benzene rings is 1. The molecule has 0 fully saturated rings. The molecule has 1 aromatic rings. The van der Waals surface area contributed by atoms with Crippen LogP contribution in [0, 0.1) is 6.92 Å². The molecular weight excluding hydrogens is 272 g/mol. The maximum atomic E-state index is 11.4. The molecule has 2 amide bonds. The number of carbonyl (C=O) groups excluding carboxylic acids is 1. The molecular formula is C15H24N2O4. The number of ether oxygens (including phenoxy) is 3. The molecule has 0 spiro atoms. The van der Waals surface area contributed by atoms with Crippen LogP contribution in [0.1, 0.15) is 12.0 Å². The van der Waals surface area contributed by atoms with E-state index in [-0.39, 0.29) is 6.03 Å². The van der Waals surface area contributed by atoms with Crippen molar-refractivity contribution in [3.8, 4) is 11.5 Å². The first kappa shape index (κ1) is 17.1. The highest BCUT2D eigenvalue weighted by Gasteiger charge is 2.04. The van der Waals surface area contributed by atoms with E-state index in [0.717, 1.165) is 12.0 Å². The quantitative estimate of drug-likeness (QED) is 0.681. The Labute approximate surface area is 125 Å². The highest BCUT2D eigenvalue weighted by molar-refractivity contribution is 5.73. The second-order valence-corrected chi connectivity index (χ2v) is 4.53. The molecule has 0 atom stereocenters. The summed E-state index contributed by atoms with van der Waals surface area (Å²) in [6, 6.07) is 5.52. The molecule has 6 heteroatoms. The van der Waals surface area contributed by atoms with Crippen molar-refractivity contribution in [2.75, 3.05) is 40.5 Å². The van der Waals surface area contributed by atoms with E-state index in [1.165, 1.54) is 0 Å². The summed E-state index contributed by atoms with van der Waals surface area (Å²) in [7, 11) is 3.24. The number of hydrogen-bond acceptors (Lipinski definition) is 4. The van der Waals surface area contributed by atoms with Crippen molar-refractivity contribution in [3.63, 3.8) is 0 Å². The van der Waals surface area contributed by atoms with Gasteiger partial charge in [0.15, 0.2) is 11.5 Å². The summed E-state index contributed by atoms with van der Waals surface area (Å²) >= 11 is 0. The van der Waals surface area contributed by atoms with Gasteiger partial charge in [0.25, 0.3) is 0 Å². The van der Waals surface area contributed by atoms with Crippen molar-refractivity contribution >= 4 is 6.03 Å². The van der Waals surface area contributed by atoms with Crippen LogP contribution in [0.5, 0.6) is 11.5 Å². The standard InChI is InChI=1S/C15H24N2O4/c1-12-5-6-13(14(11-12)20-3)21-10-8-17-15(18)16-7-4-9-19-2/h5-6,11H,4,7-10H2,1-3H3,(H2,16,17,18). The highest BCUT2D eigenvalue weighted by Crippen LogP contribution is 2.27. The summed E-state index contributed by atoms with van der Waals surface area (Å²) in [5.41, 5.74) is 1.10. The molecule has 118 valence electrons. The number of aryl methyl sites for hydroxylation is 1. The van der Waals surface area contributed by atoms with Crippen LogP contribution >= 0.6 is 0 Å². The zero-order valence-corrected chi connectivity index (χ0v) is 12.9. The second kappa shape index (κ2) is 9.88. The first-order valence-corrected chi connectivity index (χ1v) is 6.95. The smallest absolute Gasteiger partial charge is 0.314 e. The molecule has 0 unspecified atom stereocenters. The fraction of sp³-hybridized carbons (Fsp3) is 0.533. The highest BCUT2D eigenvalue weighted by atomic mass is 16.5. The van der Waals surface area contributed by atoms with Gasteiger partial charge in [-0.2, -0.15) is 0 Å². The average molecular weight is 296 g/mol. The Bertz CT molecular complexity index is 438. The lowest BCUT2D eigenvalue weighted by Crippen LogP contribution is -2.38. The SMILES string of the molecule is COCCCNC(=O)NCCOc1ccc(C)cc1OC. The minimum absolute atomic E-state index is 0.203. The van der Waals surface area contributed by atoms with Gasteiger partial charge in [-0.3, -0.25) is 0 Å². The Morgan fingerprint density at radius 2 is 1.86 bits per heavy atom. The van der Waals surface area contributed by atoms with Crippen molar-refractivity contribution in [2.45, 2.75) is 13.3 Å². The monoisotopic (exact) mass is 296 g/mol. The van der Waals surface area contributed by atoms with Crippen molar-refractivity contribution < 1.29 is 19.0 Å². The van der Waals surface area contributed by atoms with E-state index in [2.05, 4.69) is 10.6 Å². The van der Waals surface area contributed by atoms with Crippen molar-refractivity contribution in [1.82, 2.24) is 10.6 Å². The summed E-state index contributed by atoms with van der Waals surface area (Å²) < 4.78 is 15.7. The van der Waals surface area contributed by atoms with Gasteiger partial charge in [0, 0.05) is 20.3 Å². The fourth-order valence-electron chi connectivity index (χ4n) is 1.70. The largest absolute Gasteiger partial charge is 0.493 e. The third kappa shape index (κ3) is 6.85. The van der Waals surface area contributed by atoms with Gasteiger partial charge in [0.05, 0.1) is 13.7 Å². The van der Waals surface area contributed by atoms with Crippen molar-refractivity contribution in [3.05, 3.63) is 23.8 Å². The van der Waals surface area contributed by atoms with Crippen LogP contribution in [0.25, 0.3) is 0 Å². The van der Waals surface area contributed by atoms with E-state index < -0.39 is 0 Å². The summed E-state index contributed by atoms with van der Waals surface area (Å²) in [4.78, 5) is 11.4. The molecule has 0 radical (unpaired) electrons. The third-order valence-corrected chi connectivity index (χ3v) is 2.78. The Morgan fingerprint density at radius 1 is 1.10 bits per heavy atom. The van der Waals surface area contributed by atoms with E-state index in [4.69, 9.17) is 14.2 Å². The number of nitrogens with one attached hydrogen (secondary N) is 2. The van der Waals surface area contributed by atoms with Crippen LogP contribution < -0.4 is 20.1 Å². The van der Waals surface area contributed by atoms with Crippen LogP contribution in [0.3, 0.4) is 0 Å². The van der Waals surface area contributed by atoms with Gasteiger partial charge in [-0.1, -0.05) is 6.07 Å². The van der Waals surface area contributed by atoms with Crippen LogP contribution in [0.4, 0.5) is 4.79 Å². The molecule has 21 heavy (non-hydrogen) atoms. The summed E-state index contributed by atoms with van der Waals surface area (Å²) in [6.45, 7) is 4.02. The summed E-state index contributed by atoms with van der Waals surface area (Å²) in [6.07, 6.45) is 0.793. The molecule has 0 aliphatic rings. The van der Waals surface area contributed by atoms with Gasteiger partial charge in [-0.15, -0.1) is 0 Å². The Hall–Kier alpha value is -1.95. The Morgan fingerprint density at radius 3 is 2.57 bits per heavy atom. The van der Waals surface area contributed by atoms with Gasteiger partial charge >= 0.3 is 6.03 Å². The number of amides is 2. The van der Waals surface area contributed by atoms with Crippen LogP contribution in [0.2, 0.25) is 0 Å². The summed E-state index contributed by atoms with van der Waals surface area (Å²) in [5.74, 6) is 1.37. The van der Waals surface area contributed by atoms with Crippen LogP contribution in [-0.4, -0.2) is 46.6 Å².